The normalized spacial score (nSPS) is 21.2. The number of piperidine rings is 1. The van der Waals surface area contributed by atoms with Gasteiger partial charge in [-0.3, -0.25) is 4.90 Å². The van der Waals surface area contributed by atoms with Gasteiger partial charge in [0.1, 0.15) is 0 Å². The molecular weight excluding hydrogens is 320 g/mol. The lowest BCUT2D eigenvalue weighted by Crippen LogP contribution is -2.45. The van der Waals surface area contributed by atoms with E-state index in [1.807, 2.05) is 11.3 Å². The van der Waals surface area contributed by atoms with Gasteiger partial charge in [0, 0.05) is 24.0 Å². The standard InChI is InChI=1S/C15H25BrN2S/c1-12(2)9-17-10-13-5-3-4-8-18(13)11-14-6-7-15(16)19-14/h6-7,12-13,17H,3-5,8-11H2,1-2H3. The summed E-state index contributed by atoms with van der Waals surface area (Å²) in [6.45, 7) is 9.19. The third-order valence-electron chi connectivity index (χ3n) is 3.67. The predicted molar refractivity (Wildman–Crippen MR) is 87.8 cm³/mol. The molecule has 19 heavy (non-hydrogen) atoms. The summed E-state index contributed by atoms with van der Waals surface area (Å²) in [7, 11) is 0. The van der Waals surface area contributed by atoms with Gasteiger partial charge in [-0.15, -0.1) is 11.3 Å². The lowest BCUT2D eigenvalue weighted by atomic mass is 10.0. The van der Waals surface area contributed by atoms with Crippen LogP contribution in [-0.2, 0) is 6.54 Å². The van der Waals surface area contributed by atoms with Crippen LogP contribution in [0, 0.1) is 5.92 Å². The van der Waals surface area contributed by atoms with E-state index >= 15 is 0 Å². The van der Waals surface area contributed by atoms with Crippen molar-refractivity contribution in [1.82, 2.24) is 10.2 Å². The molecule has 2 nitrogen and oxygen atoms in total. The van der Waals surface area contributed by atoms with Crippen LogP contribution in [0.25, 0.3) is 0 Å². The minimum Gasteiger partial charge on any atom is -0.315 e. The maximum absolute atomic E-state index is 3.63. The van der Waals surface area contributed by atoms with Crippen molar-refractivity contribution in [2.24, 2.45) is 5.92 Å². The van der Waals surface area contributed by atoms with Gasteiger partial charge in [0.2, 0.25) is 0 Å². The molecule has 0 aromatic carbocycles. The van der Waals surface area contributed by atoms with Gasteiger partial charge in [-0.25, -0.2) is 0 Å². The van der Waals surface area contributed by atoms with Gasteiger partial charge in [-0.2, -0.15) is 0 Å². The van der Waals surface area contributed by atoms with Crippen LogP contribution in [0.5, 0.6) is 0 Å². The molecule has 4 heteroatoms. The van der Waals surface area contributed by atoms with Crippen LogP contribution in [0.4, 0.5) is 0 Å². The molecule has 1 aromatic rings. The molecule has 1 aliphatic rings. The van der Waals surface area contributed by atoms with E-state index < -0.39 is 0 Å². The van der Waals surface area contributed by atoms with Crippen LogP contribution < -0.4 is 5.32 Å². The summed E-state index contributed by atoms with van der Waals surface area (Å²) in [5, 5.41) is 3.63. The van der Waals surface area contributed by atoms with Crippen molar-refractivity contribution in [2.75, 3.05) is 19.6 Å². The number of rotatable bonds is 6. The Balaban J connectivity index is 1.84. The van der Waals surface area contributed by atoms with Crippen molar-refractivity contribution in [3.63, 3.8) is 0 Å². The molecular formula is C15H25BrN2S. The first-order chi connectivity index (χ1) is 9.15. The SMILES string of the molecule is CC(C)CNCC1CCCCN1Cc1ccc(Br)s1. The molecule has 0 amide bonds. The van der Waals surface area contributed by atoms with E-state index in [9.17, 15) is 0 Å². The van der Waals surface area contributed by atoms with Gasteiger partial charge in [0.15, 0.2) is 0 Å². The van der Waals surface area contributed by atoms with Crippen LogP contribution >= 0.6 is 27.3 Å². The van der Waals surface area contributed by atoms with E-state index in [2.05, 4.69) is 52.1 Å². The van der Waals surface area contributed by atoms with E-state index in [1.54, 1.807) is 0 Å². The van der Waals surface area contributed by atoms with E-state index in [0.717, 1.165) is 25.6 Å². The zero-order valence-electron chi connectivity index (χ0n) is 12.0. The van der Waals surface area contributed by atoms with Gasteiger partial charge in [-0.1, -0.05) is 20.3 Å². The smallest absolute Gasteiger partial charge is 0.0701 e. The van der Waals surface area contributed by atoms with Gasteiger partial charge < -0.3 is 5.32 Å². The molecule has 1 atom stereocenters. The second kappa shape index (κ2) is 7.77. The highest BCUT2D eigenvalue weighted by Crippen LogP contribution is 2.26. The maximum atomic E-state index is 3.63. The first-order valence-electron chi connectivity index (χ1n) is 7.34. The number of hydrogen-bond donors (Lipinski definition) is 1. The Labute approximate surface area is 129 Å². The Morgan fingerprint density at radius 2 is 2.26 bits per heavy atom. The number of thiophene rings is 1. The Morgan fingerprint density at radius 3 is 2.95 bits per heavy atom. The molecule has 2 heterocycles. The van der Waals surface area contributed by atoms with Crippen molar-refractivity contribution in [3.05, 3.63) is 20.8 Å². The van der Waals surface area contributed by atoms with Crippen molar-refractivity contribution >= 4 is 27.3 Å². The molecule has 0 bridgehead atoms. The topological polar surface area (TPSA) is 15.3 Å². The molecule has 0 radical (unpaired) electrons. The molecule has 1 aliphatic heterocycles. The summed E-state index contributed by atoms with van der Waals surface area (Å²) in [4.78, 5) is 4.14. The van der Waals surface area contributed by atoms with Crippen molar-refractivity contribution in [3.8, 4) is 0 Å². The molecule has 1 unspecified atom stereocenters. The Hall–Kier alpha value is 0.1000. The minimum absolute atomic E-state index is 0.716. The summed E-state index contributed by atoms with van der Waals surface area (Å²) in [6, 6.07) is 5.13. The highest BCUT2D eigenvalue weighted by Gasteiger charge is 2.22. The fourth-order valence-electron chi connectivity index (χ4n) is 2.67. The first kappa shape index (κ1) is 15.5. The van der Waals surface area contributed by atoms with E-state index in [4.69, 9.17) is 0 Å². The molecule has 1 aromatic heterocycles. The summed E-state index contributed by atoms with van der Waals surface area (Å²) >= 11 is 5.42. The minimum atomic E-state index is 0.716. The lowest BCUT2D eigenvalue weighted by molar-refractivity contribution is 0.138. The van der Waals surface area contributed by atoms with Crippen LogP contribution in [0.1, 0.15) is 38.0 Å². The number of nitrogens with zero attached hydrogens (tertiary/aromatic N) is 1. The summed E-state index contributed by atoms with van der Waals surface area (Å²) in [5.74, 6) is 0.741. The highest BCUT2D eigenvalue weighted by atomic mass is 79.9. The molecule has 2 rings (SSSR count). The van der Waals surface area contributed by atoms with Crippen molar-refractivity contribution < 1.29 is 0 Å². The zero-order valence-corrected chi connectivity index (χ0v) is 14.4. The van der Waals surface area contributed by atoms with Gasteiger partial charge in [0.25, 0.3) is 0 Å². The predicted octanol–water partition coefficient (Wildman–Crippen LogP) is 4.11. The summed E-state index contributed by atoms with van der Waals surface area (Å²) in [5.41, 5.74) is 0. The van der Waals surface area contributed by atoms with E-state index in [-0.39, 0.29) is 0 Å². The molecule has 0 spiro atoms. The molecule has 1 saturated heterocycles. The van der Waals surface area contributed by atoms with Gasteiger partial charge >= 0.3 is 0 Å². The first-order valence-corrected chi connectivity index (χ1v) is 8.95. The average molecular weight is 345 g/mol. The molecule has 0 saturated carbocycles. The molecule has 1 fully saturated rings. The second-order valence-electron chi connectivity index (χ2n) is 5.88. The number of hydrogen-bond acceptors (Lipinski definition) is 3. The van der Waals surface area contributed by atoms with Gasteiger partial charge in [0.05, 0.1) is 3.79 Å². The highest BCUT2D eigenvalue weighted by molar-refractivity contribution is 9.11. The van der Waals surface area contributed by atoms with Crippen LogP contribution in [0.2, 0.25) is 0 Å². The van der Waals surface area contributed by atoms with E-state index in [0.29, 0.717) is 6.04 Å². The fraction of sp³-hybridized carbons (Fsp3) is 0.733. The Morgan fingerprint density at radius 1 is 1.42 bits per heavy atom. The van der Waals surface area contributed by atoms with E-state index in [1.165, 1.54) is 34.5 Å². The summed E-state index contributed by atoms with van der Waals surface area (Å²) < 4.78 is 1.24. The third kappa shape index (κ3) is 5.18. The number of likely N-dealkylation sites (tertiary alicyclic amines) is 1. The molecule has 1 N–H and O–H groups in total. The quantitative estimate of drug-likeness (QED) is 0.835. The zero-order chi connectivity index (χ0) is 13.7. The van der Waals surface area contributed by atoms with Crippen LogP contribution in [0.3, 0.4) is 0 Å². The molecule has 0 aliphatic carbocycles. The Kier molecular flexibility index (Phi) is 6.33. The third-order valence-corrected chi connectivity index (χ3v) is 5.28. The largest absolute Gasteiger partial charge is 0.315 e. The Bertz CT molecular complexity index is 378. The summed E-state index contributed by atoms with van der Waals surface area (Å²) in [6.07, 6.45) is 4.09. The van der Waals surface area contributed by atoms with Crippen LogP contribution in [-0.4, -0.2) is 30.6 Å². The maximum Gasteiger partial charge on any atom is 0.0701 e. The number of halogens is 1. The number of nitrogens with one attached hydrogen (secondary N) is 1. The average Bonchev–Trinajstić information content (AvgIpc) is 2.77. The van der Waals surface area contributed by atoms with Gasteiger partial charge in [-0.05, 0) is 59.9 Å². The van der Waals surface area contributed by atoms with Crippen molar-refractivity contribution in [2.45, 2.75) is 45.7 Å². The monoisotopic (exact) mass is 344 g/mol. The molecule has 108 valence electrons. The van der Waals surface area contributed by atoms with Crippen molar-refractivity contribution in [1.29, 1.82) is 0 Å². The second-order valence-corrected chi connectivity index (χ2v) is 8.43. The lowest BCUT2D eigenvalue weighted by Gasteiger charge is -2.35. The fourth-order valence-corrected chi connectivity index (χ4v) is 4.18. The van der Waals surface area contributed by atoms with Crippen LogP contribution in [0.15, 0.2) is 15.9 Å².